The summed E-state index contributed by atoms with van der Waals surface area (Å²) in [5.41, 5.74) is 2.20. The summed E-state index contributed by atoms with van der Waals surface area (Å²) in [6, 6.07) is 6.08. The van der Waals surface area contributed by atoms with Crippen molar-refractivity contribution in [1.82, 2.24) is 4.90 Å². The Hall–Kier alpha value is -1.55. The van der Waals surface area contributed by atoms with Gasteiger partial charge in [-0.25, -0.2) is 0 Å². The number of amides is 1. The molecule has 1 N–H and O–H groups in total. The summed E-state index contributed by atoms with van der Waals surface area (Å²) in [4.78, 5) is 12.8. The number of rotatable bonds is 3. The van der Waals surface area contributed by atoms with E-state index >= 15 is 0 Å². The molecule has 1 fully saturated rings. The van der Waals surface area contributed by atoms with Gasteiger partial charge in [0.25, 0.3) is 0 Å². The first-order valence-electron chi connectivity index (χ1n) is 6.34. The molecule has 1 saturated heterocycles. The maximum absolute atomic E-state index is 11.1. The summed E-state index contributed by atoms with van der Waals surface area (Å²) < 4.78 is 5.70. The van der Waals surface area contributed by atoms with Gasteiger partial charge in [-0.15, -0.1) is 0 Å². The normalized spacial score (nSPS) is 25.9. The van der Waals surface area contributed by atoms with Gasteiger partial charge < -0.3 is 14.7 Å². The largest absolute Gasteiger partial charge is 0.491 e. The van der Waals surface area contributed by atoms with Crippen molar-refractivity contribution in [3.8, 4) is 5.75 Å². The maximum atomic E-state index is 11.1. The molecule has 0 radical (unpaired) electrons. The molecule has 3 rings (SSSR count). The van der Waals surface area contributed by atoms with Gasteiger partial charge in [0, 0.05) is 7.05 Å². The number of aryl methyl sites for hydroxylation is 1. The van der Waals surface area contributed by atoms with E-state index in [0.29, 0.717) is 13.0 Å². The van der Waals surface area contributed by atoms with Crippen molar-refractivity contribution < 1.29 is 14.6 Å². The number of aliphatic hydroxyl groups is 1. The van der Waals surface area contributed by atoms with Crippen LogP contribution < -0.4 is 4.74 Å². The fraction of sp³-hybridized carbons (Fsp3) is 0.500. The highest BCUT2D eigenvalue weighted by Crippen LogP contribution is 2.33. The van der Waals surface area contributed by atoms with Crippen molar-refractivity contribution in [2.24, 2.45) is 0 Å². The zero-order valence-corrected chi connectivity index (χ0v) is 10.4. The van der Waals surface area contributed by atoms with Gasteiger partial charge in [0.2, 0.25) is 5.91 Å². The molecular formula is C14H17NO3. The predicted molar refractivity (Wildman–Crippen MR) is 66.4 cm³/mol. The van der Waals surface area contributed by atoms with Crippen molar-refractivity contribution in [3.63, 3.8) is 0 Å². The van der Waals surface area contributed by atoms with Crippen LogP contribution in [0, 0.1) is 0 Å². The fourth-order valence-corrected chi connectivity index (χ4v) is 2.59. The molecule has 2 aliphatic rings. The van der Waals surface area contributed by atoms with E-state index in [9.17, 15) is 9.90 Å². The Kier molecular flexibility index (Phi) is 2.74. The number of likely N-dealkylation sites (N-methyl/N-ethyl adjacent to an activating group) is 1. The predicted octanol–water partition coefficient (Wildman–Crippen LogP) is 1.28. The molecule has 0 saturated carbocycles. The first-order valence-corrected chi connectivity index (χ1v) is 6.34. The van der Waals surface area contributed by atoms with Crippen LogP contribution in [0.2, 0.25) is 0 Å². The van der Waals surface area contributed by atoms with Gasteiger partial charge in [-0.3, -0.25) is 4.79 Å². The third-order valence-electron chi connectivity index (χ3n) is 3.96. The van der Waals surface area contributed by atoms with Crippen molar-refractivity contribution in [2.45, 2.75) is 31.4 Å². The summed E-state index contributed by atoms with van der Waals surface area (Å²) in [7, 11) is 1.80. The zero-order valence-electron chi connectivity index (χ0n) is 10.4. The highest BCUT2D eigenvalue weighted by atomic mass is 16.5. The molecule has 4 heteroatoms. The molecule has 2 unspecified atom stereocenters. The van der Waals surface area contributed by atoms with E-state index < -0.39 is 0 Å². The second-order valence-electron chi connectivity index (χ2n) is 5.09. The lowest BCUT2D eigenvalue weighted by Gasteiger charge is -2.36. The standard InChI is InChI=1S/C14H17NO3/c1-15-10(6-14(15)17)8-18-11-4-2-9-3-5-13(16)12(9)7-11/h2,4,7,10,13,16H,3,5-6,8H2,1H3. The van der Waals surface area contributed by atoms with E-state index in [1.165, 1.54) is 5.56 Å². The lowest BCUT2D eigenvalue weighted by Crippen LogP contribution is -2.52. The second-order valence-corrected chi connectivity index (χ2v) is 5.09. The number of aliphatic hydroxyl groups excluding tert-OH is 1. The van der Waals surface area contributed by atoms with Crippen LogP contribution >= 0.6 is 0 Å². The smallest absolute Gasteiger partial charge is 0.224 e. The summed E-state index contributed by atoms with van der Waals surface area (Å²) in [6.45, 7) is 0.525. The third kappa shape index (κ3) is 1.86. The molecule has 0 spiro atoms. The fourth-order valence-electron chi connectivity index (χ4n) is 2.59. The molecule has 1 amide bonds. The molecule has 96 valence electrons. The Balaban J connectivity index is 1.64. The number of fused-ring (bicyclic) bond motifs is 1. The Bertz CT molecular complexity index is 486. The van der Waals surface area contributed by atoms with Crippen LogP contribution in [0.15, 0.2) is 18.2 Å². The molecule has 1 aromatic rings. The monoisotopic (exact) mass is 247 g/mol. The van der Waals surface area contributed by atoms with E-state index in [2.05, 4.69) is 0 Å². The lowest BCUT2D eigenvalue weighted by atomic mass is 10.0. The third-order valence-corrected chi connectivity index (χ3v) is 3.96. The summed E-state index contributed by atoms with van der Waals surface area (Å²) >= 11 is 0. The van der Waals surface area contributed by atoms with E-state index in [4.69, 9.17) is 4.74 Å². The van der Waals surface area contributed by atoms with E-state index in [1.54, 1.807) is 11.9 Å². The quantitative estimate of drug-likeness (QED) is 0.818. The van der Waals surface area contributed by atoms with Crippen LogP contribution in [0.5, 0.6) is 5.75 Å². The first kappa shape index (κ1) is 11.5. The average Bonchev–Trinajstić information content (AvgIpc) is 2.75. The minimum atomic E-state index is -0.350. The van der Waals surface area contributed by atoms with Crippen LogP contribution in [0.3, 0.4) is 0 Å². The molecule has 18 heavy (non-hydrogen) atoms. The molecule has 1 aromatic carbocycles. The van der Waals surface area contributed by atoms with Gasteiger partial charge in [0.15, 0.2) is 0 Å². The minimum absolute atomic E-state index is 0.174. The Labute approximate surface area is 106 Å². The van der Waals surface area contributed by atoms with Gasteiger partial charge in [-0.05, 0) is 36.1 Å². The number of likely N-dealkylation sites (tertiary alicyclic amines) is 1. The number of carbonyl (C=O) groups is 1. The van der Waals surface area contributed by atoms with Crippen molar-refractivity contribution >= 4 is 5.91 Å². The van der Waals surface area contributed by atoms with Gasteiger partial charge in [-0.1, -0.05) is 6.07 Å². The number of β-lactam (4-membered cyclic amide) rings is 1. The van der Waals surface area contributed by atoms with Crippen molar-refractivity contribution in [2.75, 3.05) is 13.7 Å². The molecule has 1 aliphatic carbocycles. The minimum Gasteiger partial charge on any atom is -0.491 e. The number of hydrogen-bond acceptors (Lipinski definition) is 3. The highest BCUT2D eigenvalue weighted by Gasteiger charge is 2.33. The number of ether oxygens (including phenoxy) is 1. The molecule has 4 nitrogen and oxygen atoms in total. The van der Waals surface area contributed by atoms with Crippen LogP contribution in [-0.2, 0) is 11.2 Å². The van der Waals surface area contributed by atoms with Gasteiger partial charge in [-0.2, -0.15) is 0 Å². The van der Waals surface area contributed by atoms with Crippen LogP contribution in [-0.4, -0.2) is 35.6 Å². The summed E-state index contributed by atoms with van der Waals surface area (Å²) in [5, 5.41) is 9.81. The van der Waals surface area contributed by atoms with Gasteiger partial charge in [0.1, 0.15) is 12.4 Å². The Morgan fingerprint density at radius 2 is 2.33 bits per heavy atom. The van der Waals surface area contributed by atoms with E-state index in [0.717, 1.165) is 24.2 Å². The number of benzene rings is 1. The number of nitrogens with zero attached hydrogens (tertiary/aromatic N) is 1. The molecule has 0 aromatic heterocycles. The Morgan fingerprint density at radius 3 is 3.06 bits per heavy atom. The second kappa shape index (κ2) is 4.28. The summed E-state index contributed by atoms with van der Waals surface area (Å²) in [6.07, 6.45) is 1.97. The van der Waals surface area contributed by atoms with E-state index in [-0.39, 0.29) is 18.1 Å². The molecule has 1 heterocycles. The molecule has 1 aliphatic heterocycles. The lowest BCUT2D eigenvalue weighted by molar-refractivity contribution is -0.144. The van der Waals surface area contributed by atoms with Gasteiger partial charge >= 0.3 is 0 Å². The highest BCUT2D eigenvalue weighted by molar-refractivity contribution is 5.82. The van der Waals surface area contributed by atoms with E-state index in [1.807, 2.05) is 18.2 Å². The Morgan fingerprint density at radius 1 is 1.50 bits per heavy atom. The van der Waals surface area contributed by atoms with Crippen molar-refractivity contribution in [1.29, 1.82) is 0 Å². The first-order chi connectivity index (χ1) is 8.65. The van der Waals surface area contributed by atoms with Gasteiger partial charge in [0.05, 0.1) is 18.6 Å². The van der Waals surface area contributed by atoms with Crippen LogP contribution in [0.25, 0.3) is 0 Å². The molecule has 2 atom stereocenters. The topological polar surface area (TPSA) is 49.8 Å². The SMILES string of the molecule is CN1C(=O)CC1COc1ccc2c(c1)C(O)CC2. The van der Waals surface area contributed by atoms with Crippen LogP contribution in [0.1, 0.15) is 30.1 Å². The molecular weight excluding hydrogens is 230 g/mol. The van der Waals surface area contributed by atoms with Crippen LogP contribution in [0.4, 0.5) is 0 Å². The number of carbonyl (C=O) groups excluding carboxylic acids is 1. The zero-order chi connectivity index (χ0) is 12.7. The average molecular weight is 247 g/mol. The maximum Gasteiger partial charge on any atom is 0.224 e. The summed E-state index contributed by atoms with van der Waals surface area (Å²) in [5.74, 6) is 0.954. The number of hydrogen-bond donors (Lipinski definition) is 1. The van der Waals surface area contributed by atoms with Crippen molar-refractivity contribution in [3.05, 3.63) is 29.3 Å². The molecule has 0 bridgehead atoms.